The van der Waals surface area contributed by atoms with Crippen molar-refractivity contribution in [2.75, 3.05) is 0 Å². The highest BCUT2D eigenvalue weighted by atomic mass is 16.3. The second-order valence-electron chi connectivity index (χ2n) is 4.31. The van der Waals surface area contributed by atoms with Crippen LogP contribution in [0.5, 0.6) is 0 Å². The van der Waals surface area contributed by atoms with Crippen LogP contribution < -0.4 is 0 Å². The highest BCUT2D eigenvalue weighted by Gasteiger charge is 2.06. The van der Waals surface area contributed by atoms with Crippen LogP contribution in [-0.2, 0) is 24.1 Å². The predicted octanol–water partition coefficient (Wildman–Crippen LogP) is 2.98. The van der Waals surface area contributed by atoms with Gasteiger partial charge in [-0.1, -0.05) is 13.0 Å². The standard InChI is InChI=1S/C15H17NO2/c1-2-12-5-6-13(16-11-12)10-14(17)7-8-15-4-3-9-18-15/h3-6,9,11H,2,7-8,10H2,1H3. The van der Waals surface area contributed by atoms with Crippen LogP contribution in [0.15, 0.2) is 41.1 Å². The average molecular weight is 243 g/mol. The third-order valence-electron chi connectivity index (χ3n) is 2.90. The number of aromatic nitrogens is 1. The number of rotatable bonds is 6. The van der Waals surface area contributed by atoms with Gasteiger partial charge in [-0.05, 0) is 30.2 Å². The van der Waals surface area contributed by atoms with E-state index in [1.165, 1.54) is 5.56 Å². The Balaban J connectivity index is 1.83. The third kappa shape index (κ3) is 3.55. The average Bonchev–Trinajstić information content (AvgIpc) is 2.90. The van der Waals surface area contributed by atoms with Crippen molar-refractivity contribution in [3.8, 4) is 0 Å². The number of aryl methyl sites for hydroxylation is 2. The monoisotopic (exact) mass is 243 g/mol. The van der Waals surface area contributed by atoms with Gasteiger partial charge < -0.3 is 4.42 Å². The SMILES string of the molecule is CCc1ccc(CC(=O)CCc2ccco2)nc1. The van der Waals surface area contributed by atoms with E-state index in [1.807, 2.05) is 30.5 Å². The number of nitrogens with zero attached hydrogens (tertiary/aromatic N) is 1. The normalized spacial score (nSPS) is 10.5. The number of Topliss-reactive ketones (excluding diaryl/α,β-unsaturated/α-hetero) is 1. The van der Waals surface area contributed by atoms with E-state index in [9.17, 15) is 4.79 Å². The molecule has 0 aliphatic rings. The van der Waals surface area contributed by atoms with Crippen molar-refractivity contribution in [2.24, 2.45) is 0 Å². The Labute approximate surface area is 107 Å². The summed E-state index contributed by atoms with van der Waals surface area (Å²) in [6, 6.07) is 7.69. The van der Waals surface area contributed by atoms with Gasteiger partial charge in [0.1, 0.15) is 11.5 Å². The maximum absolute atomic E-state index is 11.8. The fourth-order valence-corrected chi connectivity index (χ4v) is 1.78. The Morgan fingerprint density at radius 1 is 1.33 bits per heavy atom. The Morgan fingerprint density at radius 3 is 2.83 bits per heavy atom. The molecule has 3 nitrogen and oxygen atoms in total. The molecule has 3 heteroatoms. The van der Waals surface area contributed by atoms with Gasteiger partial charge in [-0.2, -0.15) is 0 Å². The molecule has 0 bridgehead atoms. The molecule has 2 aromatic heterocycles. The second-order valence-corrected chi connectivity index (χ2v) is 4.31. The zero-order valence-corrected chi connectivity index (χ0v) is 10.6. The first kappa shape index (κ1) is 12.6. The van der Waals surface area contributed by atoms with Crippen molar-refractivity contribution in [1.29, 1.82) is 0 Å². The number of ketones is 1. The summed E-state index contributed by atoms with van der Waals surface area (Å²) in [5, 5.41) is 0. The fraction of sp³-hybridized carbons (Fsp3) is 0.333. The molecule has 2 heterocycles. The van der Waals surface area contributed by atoms with Crippen molar-refractivity contribution < 1.29 is 9.21 Å². The predicted molar refractivity (Wildman–Crippen MR) is 69.4 cm³/mol. The number of carbonyl (C=O) groups is 1. The van der Waals surface area contributed by atoms with Crippen molar-refractivity contribution in [3.05, 3.63) is 53.7 Å². The van der Waals surface area contributed by atoms with Crippen LogP contribution in [0.1, 0.15) is 30.4 Å². The highest BCUT2D eigenvalue weighted by molar-refractivity contribution is 5.80. The van der Waals surface area contributed by atoms with Crippen molar-refractivity contribution in [2.45, 2.75) is 32.6 Å². The maximum atomic E-state index is 11.8. The molecule has 0 radical (unpaired) electrons. The van der Waals surface area contributed by atoms with Crippen LogP contribution in [0.4, 0.5) is 0 Å². The van der Waals surface area contributed by atoms with E-state index in [0.717, 1.165) is 17.9 Å². The van der Waals surface area contributed by atoms with Gasteiger partial charge in [0.15, 0.2) is 0 Å². The Bertz CT molecular complexity index is 486. The third-order valence-corrected chi connectivity index (χ3v) is 2.90. The Morgan fingerprint density at radius 2 is 2.22 bits per heavy atom. The Kier molecular flexibility index (Phi) is 4.29. The molecular weight excluding hydrogens is 226 g/mol. The minimum atomic E-state index is 0.197. The molecule has 0 aromatic carbocycles. The maximum Gasteiger partial charge on any atom is 0.139 e. The summed E-state index contributed by atoms with van der Waals surface area (Å²) < 4.78 is 5.20. The van der Waals surface area contributed by atoms with Crippen molar-refractivity contribution >= 4 is 5.78 Å². The minimum Gasteiger partial charge on any atom is -0.469 e. The smallest absolute Gasteiger partial charge is 0.139 e. The van der Waals surface area contributed by atoms with Crippen LogP contribution in [0.2, 0.25) is 0 Å². The summed E-state index contributed by atoms with van der Waals surface area (Å²) in [6.07, 6.45) is 6.02. The van der Waals surface area contributed by atoms with E-state index in [-0.39, 0.29) is 5.78 Å². The van der Waals surface area contributed by atoms with E-state index < -0.39 is 0 Å². The van der Waals surface area contributed by atoms with Gasteiger partial charge in [-0.25, -0.2) is 0 Å². The molecule has 2 aromatic rings. The van der Waals surface area contributed by atoms with Gasteiger partial charge in [0, 0.05) is 31.2 Å². The zero-order valence-electron chi connectivity index (χ0n) is 10.6. The number of hydrogen-bond donors (Lipinski definition) is 0. The lowest BCUT2D eigenvalue weighted by molar-refractivity contribution is -0.118. The van der Waals surface area contributed by atoms with Crippen LogP contribution in [-0.4, -0.2) is 10.8 Å². The Hall–Kier alpha value is -1.90. The van der Waals surface area contributed by atoms with Gasteiger partial charge >= 0.3 is 0 Å². The molecule has 2 rings (SSSR count). The molecule has 94 valence electrons. The summed E-state index contributed by atoms with van der Waals surface area (Å²) in [7, 11) is 0. The van der Waals surface area contributed by atoms with E-state index in [1.54, 1.807) is 6.26 Å². The van der Waals surface area contributed by atoms with Crippen LogP contribution in [0.25, 0.3) is 0 Å². The summed E-state index contributed by atoms with van der Waals surface area (Å²) in [4.78, 5) is 16.1. The first-order valence-corrected chi connectivity index (χ1v) is 6.26. The molecule has 0 atom stereocenters. The fourth-order valence-electron chi connectivity index (χ4n) is 1.78. The van der Waals surface area contributed by atoms with E-state index in [2.05, 4.69) is 11.9 Å². The number of furan rings is 1. The molecule has 0 saturated heterocycles. The summed E-state index contributed by atoms with van der Waals surface area (Å²) in [6.45, 7) is 2.09. The quantitative estimate of drug-likeness (QED) is 0.783. The molecule has 0 spiro atoms. The number of pyridine rings is 1. The van der Waals surface area contributed by atoms with E-state index >= 15 is 0 Å². The molecule has 0 fully saturated rings. The second kappa shape index (κ2) is 6.15. The van der Waals surface area contributed by atoms with Gasteiger partial charge in [-0.3, -0.25) is 9.78 Å². The first-order chi connectivity index (χ1) is 8.78. The topological polar surface area (TPSA) is 43.1 Å². The number of hydrogen-bond acceptors (Lipinski definition) is 3. The lowest BCUT2D eigenvalue weighted by Crippen LogP contribution is -2.05. The first-order valence-electron chi connectivity index (χ1n) is 6.26. The molecule has 0 aliphatic carbocycles. The molecule has 0 saturated carbocycles. The lowest BCUT2D eigenvalue weighted by Gasteiger charge is -2.01. The van der Waals surface area contributed by atoms with Crippen LogP contribution >= 0.6 is 0 Å². The summed E-state index contributed by atoms with van der Waals surface area (Å²) >= 11 is 0. The molecular formula is C15H17NO2. The number of carbonyl (C=O) groups excluding carboxylic acids is 1. The van der Waals surface area contributed by atoms with Crippen LogP contribution in [0.3, 0.4) is 0 Å². The van der Waals surface area contributed by atoms with Crippen molar-refractivity contribution in [3.63, 3.8) is 0 Å². The van der Waals surface area contributed by atoms with Gasteiger partial charge in [-0.15, -0.1) is 0 Å². The molecule has 18 heavy (non-hydrogen) atoms. The lowest BCUT2D eigenvalue weighted by atomic mass is 10.1. The summed E-state index contributed by atoms with van der Waals surface area (Å²) in [5.74, 6) is 1.06. The van der Waals surface area contributed by atoms with E-state index in [0.29, 0.717) is 19.3 Å². The highest BCUT2D eigenvalue weighted by Crippen LogP contribution is 2.07. The summed E-state index contributed by atoms with van der Waals surface area (Å²) in [5.41, 5.74) is 2.04. The molecule has 0 aliphatic heterocycles. The molecule has 0 amide bonds. The molecule has 0 unspecified atom stereocenters. The largest absolute Gasteiger partial charge is 0.469 e. The molecule has 0 N–H and O–H groups in total. The minimum absolute atomic E-state index is 0.197. The van der Waals surface area contributed by atoms with Gasteiger partial charge in [0.25, 0.3) is 0 Å². The van der Waals surface area contributed by atoms with Crippen LogP contribution in [0, 0.1) is 0 Å². The van der Waals surface area contributed by atoms with Crippen molar-refractivity contribution in [1.82, 2.24) is 4.98 Å². The zero-order chi connectivity index (χ0) is 12.8. The van der Waals surface area contributed by atoms with E-state index in [4.69, 9.17) is 4.42 Å². The van der Waals surface area contributed by atoms with Gasteiger partial charge in [0.05, 0.1) is 6.26 Å². The van der Waals surface area contributed by atoms with Gasteiger partial charge in [0.2, 0.25) is 0 Å².